The monoisotopic (exact) mass is 609 g/mol. The summed E-state index contributed by atoms with van der Waals surface area (Å²) < 4.78 is 11.0. The summed E-state index contributed by atoms with van der Waals surface area (Å²) in [6.45, 7) is 6.34. The molecule has 0 saturated heterocycles. The minimum atomic E-state index is -0.0490. The van der Waals surface area contributed by atoms with E-state index in [1.807, 2.05) is 0 Å². The van der Waals surface area contributed by atoms with Crippen LogP contribution < -0.4 is 0 Å². The zero-order chi connectivity index (χ0) is 31.2. The maximum absolute atomic E-state index is 11.9. The lowest BCUT2D eigenvalue weighted by molar-refractivity contribution is -0.145. The molecular weight excluding hydrogens is 528 g/mol. The van der Waals surface area contributed by atoms with Crippen molar-refractivity contribution in [3.63, 3.8) is 0 Å². The van der Waals surface area contributed by atoms with Gasteiger partial charge in [-0.05, 0) is 12.8 Å². The molecule has 0 amide bonds. The molecule has 3 heteroatoms. The van der Waals surface area contributed by atoms with Crippen LogP contribution in [0.15, 0.2) is 0 Å². The first-order valence-corrected chi connectivity index (χ1v) is 20.0. The molecule has 0 unspecified atom stereocenters. The first-order chi connectivity index (χ1) is 21.3. The van der Waals surface area contributed by atoms with Gasteiger partial charge in [0.2, 0.25) is 0 Å². The van der Waals surface area contributed by atoms with Crippen LogP contribution in [0.25, 0.3) is 0 Å². The summed E-state index contributed by atoms with van der Waals surface area (Å²) in [4.78, 5) is 11.9. The smallest absolute Gasteiger partial charge is 0.305 e. The molecule has 0 aromatic heterocycles. The third kappa shape index (κ3) is 39.4. The Hall–Kier alpha value is -0.570. The second-order valence-corrected chi connectivity index (χ2v) is 13.5. The van der Waals surface area contributed by atoms with E-state index in [0.29, 0.717) is 19.6 Å². The molecule has 0 rings (SSSR count). The van der Waals surface area contributed by atoms with Crippen molar-refractivity contribution in [2.45, 2.75) is 232 Å². The summed E-state index contributed by atoms with van der Waals surface area (Å²) in [7, 11) is 0. The van der Waals surface area contributed by atoms with E-state index >= 15 is 0 Å². The molecule has 0 saturated carbocycles. The Kier molecular flexibility index (Phi) is 38.9. The van der Waals surface area contributed by atoms with E-state index in [2.05, 4.69) is 13.8 Å². The fraction of sp³-hybridized carbons (Fsp3) is 0.975. The van der Waals surface area contributed by atoms with Gasteiger partial charge < -0.3 is 9.47 Å². The molecule has 0 aliphatic rings. The molecule has 0 aliphatic carbocycles. The van der Waals surface area contributed by atoms with Gasteiger partial charge in [-0.2, -0.15) is 0 Å². The number of hydrogen-bond donors (Lipinski definition) is 0. The van der Waals surface area contributed by atoms with E-state index in [-0.39, 0.29) is 5.97 Å². The molecule has 0 heterocycles. The lowest BCUT2D eigenvalue weighted by Gasteiger charge is -2.07. The Bertz CT molecular complexity index is 506. The lowest BCUT2D eigenvalue weighted by Crippen LogP contribution is -2.10. The molecule has 0 aromatic rings. The van der Waals surface area contributed by atoms with Crippen LogP contribution in [-0.2, 0) is 14.3 Å². The minimum absolute atomic E-state index is 0.0490. The van der Waals surface area contributed by atoms with Gasteiger partial charge in [0.1, 0.15) is 6.61 Å². The molecule has 0 spiro atoms. The SMILES string of the molecule is CCCCCCCCCCCCCCCCCCCCCC(=O)OCCOCCCCCCCCCCCCCCCC. The zero-order valence-corrected chi connectivity index (χ0v) is 29.9. The molecule has 0 N–H and O–H groups in total. The highest BCUT2D eigenvalue weighted by Gasteiger charge is 2.03. The van der Waals surface area contributed by atoms with Crippen LogP contribution in [0.1, 0.15) is 232 Å². The van der Waals surface area contributed by atoms with Gasteiger partial charge in [0.05, 0.1) is 6.61 Å². The number of carbonyl (C=O) groups excluding carboxylic acids is 1. The van der Waals surface area contributed by atoms with Crippen LogP contribution in [0.3, 0.4) is 0 Å². The number of unbranched alkanes of at least 4 members (excludes halogenated alkanes) is 31. The Labute approximate surface area is 271 Å². The van der Waals surface area contributed by atoms with Crippen molar-refractivity contribution in [2.75, 3.05) is 19.8 Å². The molecule has 258 valence electrons. The van der Waals surface area contributed by atoms with Gasteiger partial charge in [-0.1, -0.05) is 213 Å². The van der Waals surface area contributed by atoms with E-state index in [4.69, 9.17) is 9.47 Å². The normalized spacial score (nSPS) is 11.4. The van der Waals surface area contributed by atoms with Gasteiger partial charge >= 0.3 is 5.97 Å². The van der Waals surface area contributed by atoms with Crippen molar-refractivity contribution < 1.29 is 14.3 Å². The fourth-order valence-corrected chi connectivity index (χ4v) is 6.14. The lowest BCUT2D eigenvalue weighted by atomic mass is 10.0. The predicted octanol–water partition coefficient (Wildman–Crippen LogP) is 13.8. The van der Waals surface area contributed by atoms with E-state index < -0.39 is 0 Å². The highest BCUT2D eigenvalue weighted by molar-refractivity contribution is 5.69. The van der Waals surface area contributed by atoms with Crippen molar-refractivity contribution in [1.29, 1.82) is 0 Å². The summed E-state index contributed by atoms with van der Waals surface area (Å²) in [5, 5.41) is 0. The van der Waals surface area contributed by atoms with Gasteiger partial charge in [0.15, 0.2) is 0 Å². The summed E-state index contributed by atoms with van der Waals surface area (Å²) >= 11 is 0. The van der Waals surface area contributed by atoms with Crippen molar-refractivity contribution in [1.82, 2.24) is 0 Å². The number of carbonyl (C=O) groups is 1. The molecule has 0 aliphatic heterocycles. The standard InChI is InChI=1S/C40H80O3/c1-3-5-7-9-11-13-15-17-19-20-21-22-23-24-26-28-30-32-34-36-40(41)43-39-38-42-37-35-33-31-29-27-25-18-16-14-12-10-8-6-4-2/h3-39H2,1-2H3. The molecule has 3 nitrogen and oxygen atoms in total. The molecule has 0 radical (unpaired) electrons. The number of rotatable bonds is 38. The van der Waals surface area contributed by atoms with E-state index in [9.17, 15) is 4.79 Å². The van der Waals surface area contributed by atoms with E-state index in [0.717, 1.165) is 25.9 Å². The van der Waals surface area contributed by atoms with Crippen LogP contribution in [0.2, 0.25) is 0 Å². The molecule has 43 heavy (non-hydrogen) atoms. The van der Waals surface area contributed by atoms with Crippen LogP contribution in [0.4, 0.5) is 0 Å². The van der Waals surface area contributed by atoms with Crippen LogP contribution >= 0.6 is 0 Å². The maximum atomic E-state index is 11.9. The van der Waals surface area contributed by atoms with Crippen molar-refractivity contribution >= 4 is 5.97 Å². The van der Waals surface area contributed by atoms with Crippen LogP contribution in [-0.4, -0.2) is 25.8 Å². The Balaban J connectivity index is 3.14. The average molecular weight is 609 g/mol. The van der Waals surface area contributed by atoms with Crippen molar-refractivity contribution in [3.8, 4) is 0 Å². The van der Waals surface area contributed by atoms with Gasteiger partial charge in [0, 0.05) is 13.0 Å². The van der Waals surface area contributed by atoms with Gasteiger partial charge in [-0.25, -0.2) is 0 Å². The third-order valence-corrected chi connectivity index (χ3v) is 9.12. The largest absolute Gasteiger partial charge is 0.463 e. The maximum Gasteiger partial charge on any atom is 0.305 e. The highest BCUT2D eigenvalue weighted by Crippen LogP contribution is 2.15. The van der Waals surface area contributed by atoms with Gasteiger partial charge in [-0.15, -0.1) is 0 Å². The number of ether oxygens (including phenoxy) is 2. The van der Waals surface area contributed by atoms with Crippen molar-refractivity contribution in [3.05, 3.63) is 0 Å². The van der Waals surface area contributed by atoms with Crippen LogP contribution in [0, 0.1) is 0 Å². The minimum Gasteiger partial charge on any atom is -0.463 e. The molecule has 0 atom stereocenters. The second-order valence-electron chi connectivity index (χ2n) is 13.5. The number of hydrogen-bond acceptors (Lipinski definition) is 3. The average Bonchev–Trinajstić information content (AvgIpc) is 3.01. The summed E-state index contributed by atoms with van der Waals surface area (Å²) in [5.41, 5.74) is 0. The molecule has 0 bridgehead atoms. The highest BCUT2D eigenvalue weighted by atomic mass is 16.6. The topological polar surface area (TPSA) is 35.5 Å². The van der Waals surface area contributed by atoms with E-state index in [1.54, 1.807) is 0 Å². The summed E-state index contributed by atoms with van der Waals surface area (Å²) in [6.07, 6.45) is 46.0. The molecular formula is C40H80O3. The fourth-order valence-electron chi connectivity index (χ4n) is 6.14. The summed E-state index contributed by atoms with van der Waals surface area (Å²) in [5.74, 6) is -0.0490. The quantitative estimate of drug-likeness (QED) is 0.0516. The van der Waals surface area contributed by atoms with Gasteiger partial charge in [-0.3, -0.25) is 4.79 Å². The first kappa shape index (κ1) is 42.4. The Morgan fingerprint density at radius 3 is 0.930 bits per heavy atom. The van der Waals surface area contributed by atoms with Crippen LogP contribution in [0.5, 0.6) is 0 Å². The van der Waals surface area contributed by atoms with Gasteiger partial charge in [0.25, 0.3) is 0 Å². The Morgan fingerprint density at radius 1 is 0.326 bits per heavy atom. The molecule has 0 fully saturated rings. The predicted molar refractivity (Wildman–Crippen MR) is 190 cm³/mol. The zero-order valence-electron chi connectivity index (χ0n) is 29.9. The van der Waals surface area contributed by atoms with Crippen molar-refractivity contribution in [2.24, 2.45) is 0 Å². The number of esters is 1. The first-order valence-electron chi connectivity index (χ1n) is 20.0. The Morgan fingerprint density at radius 2 is 0.605 bits per heavy atom. The van der Waals surface area contributed by atoms with E-state index in [1.165, 1.54) is 193 Å². The third-order valence-electron chi connectivity index (χ3n) is 9.12. The second kappa shape index (κ2) is 39.5. The molecule has 0 aromatic carbocycles. The summed E-state index contributed by atoms with van der Waals surface area (Å²) in [6, 6.07) is 0.